The second-order valence-corrected chi connectivity index (χ2v) is 8.55. The Balaban J connectivity index is 1.42. The third-order valence-electron chi connectivity index (χ3n) is 5.24. The monoisotopic (exact) mass is 427 g/mol. The number of piperazine rings is 1. The number of halogens is 1. The Morgan fingerprint density at radius 3 is 2.90 bits per heavy atom. The molecular formula is C22H26ClN5O2. The van der Waals surface area contributed by atoms with Gasteiger partial charge in [0.1, 0.15) is 11.3 Å². The molecule has 2 aromatic heterocycles. The SMILES string of the molecule is CC(C)Cc1ccc2oc(NC(=O)N3CCN(c4ncccc4Cl)C[C@H]3C)nc2c1. The third-order valence-corrected chi connectivity index (χ3v) is 5.53. The summed E-state index contributed by atoms with van der Waals surface area (Å²) >= 11 is 6.27. The minimum Gasteiger partial charge on any atom is -0.423 e. The number of benzene rings is 1. The molecule has 1 aliphatic rings. The van der Waals surface area contributed by atoms with Crippen LogP contribution >= 0.6 is 11.6 Å². The van der Waals surface area contributed by atoms with Crippen molar-refractivity contribution in [1.82, 2.24) is 14.9 Å². The van der Waals surface area contributed by atoms with Gasteiger partial charge in [-0.15, -0.1) is 0 Å². The number of urea groups is 1. The van der Waals surface area contributed by atoms with Crippen LogP contribution in [0.4, 0.5) is 16.6 Å². The van der Waals surface area contributed by atoms with E-state index in [1.807, 2.05) is 37.3 Å². The molecule has 1 fully saturated rings. The van der Waals surface area contributed by atoms with Crippen molar-refractivity contribution >= 4 is 40.6 Å². The number of nitrogens with one attached hydrogen (secondary N) is 1. The van der Waals surface area contributed by atoms with E-state index >= 15 is 0 Å². The van der Waals surface area contributed by atoms with Crippen molar-refractivity contribution in [1.29, 1.82) is 0 Å². The lowest BCUT2D eigenvalue weighted by Crippen LogP contribution is -2.55. The Morgan fingerprint density at radius 2 is 2.17 bits per heavy atom. The van der Waals surface area contributed by atoms with Gasteiger partial charge in [0.15, 0.2) is 5.58 Å². The van der Waals surface area contributed by atoms with Gasteiger partial charge in [-0.3, -0.25) is 5.32 Å². The first-order valence-corrected chi connectivity index (χ1v) is 10.6. The number of carbonyl (C=O) groups is 1. The van der Waals surface area contributed by atoms with Gasteiger partial charge in [-0.2, -0.15) is 4.98 Å². The standard InChI is InChI=1S/C22H26ClN5O2/c1-14(2)11-16-6-7-19-18(12-16)25-21(30-19)26-22(29)28-10-9-27(13-15(28)3)20-17(23)5-4-8-24-20/h4-8,12,14-15H,9-11,13H2,1-3H3,(H,25,26,29)/t15-/m1/s1. The third kappa shape index (κ3) is 4.36. The maximum atomic E-state index is 12.8. The fourth-order valence-electron chi connectivity index (χ4n) is 3.85. The minimum atomic E-state index is -0.219. The molecular weight excluding hydrogens is 402 g/mol. The van der Waals surface area contributed by atoms with Crippen LogP contribution in [-0.4, -0.2) is 46.6 Å². The molecule has 1 N–H and O–H groups in total. The lowest BCUT2D eigenvalue weighted by atomic mass is 10.0. The molecule has 0 saturated carbocycles. The second kappa shape index (κ2) is 8.52. The zero-order valence-corrected chi connectivity index (χ0v) is 18.2. The summed E-state index contributed by atoms with van der Waals surface area (Å²) in [4.78, 5) is 25.5. The maximum Gasteiger partial charge on any atom is 0.325 e. The highest BCUT2D eigenvalue weighted by molar-refractivity contribution is 6.32. The number of carbonyl (C=O) groups excluding carboxylic acids is 1. The fourth-order valence-corrected chi connectivity index (χ4v) is 4.09. The normalized spacial score (nSPS) is 17.0. The molecule has 7 nitrogen and oxygen atoms in total. The molecule has 0 aliphatic carbocycles. The highest BCUT2D eigenvalue weighted by Gasteiger charge is 2.29. The van der Waals surface area contributed by atoms with Crippen LogP contribution in [-0.2, 0) is 6.42 Å². The summed E-state index contributed by atoms with van der Waals surface area (Å²) in [5.74, 6) is 1.32. The molecule has 158 valence electrons. The van der Waals surface area contributed by atoms with Crippen molar-refractivity contribution in [3.05, 3.63) is 47.1 Å². The lowest BCUT2D eigenvalue weighted by Gasteiger charge is -2.40. The summed E-state index contributed by atoms with van der Waals surface area (Å²) in [6, 6.07) is 9.60. The zero-order valence-electron chi connectivity index (χ0n) is 17.4. The van der Waals surface area contributed by atoms with Crippen molar-refractivity contribution in [2.24, 2.45) is 5.92 Å². The zero-order chi connectivity index (χ0) is 21.3. The first kappa shape index (κ1) is 20.5. The molecule has 1 saturated heterocycles. The number of nitrogens with zero attached hydrogens (tertiary/aromatic N) is 4. The predicted octanol–water partition coefficient (Wildman–Crippen LogP) is 4.82. The summed E-state index contributed by atoms with van der Waals surface area (Å²) in [6.45, 7) is 8.23. The molecule has 0 unspecified atom stereocenters. The topological polar surface area (TPSA) is 74.5 Å². The number of oxazole rings is 1. The van der Waals surface area contributed by atoms with E-state index in [4.69, 9.17) is 16.0 Å². The quantitative estimate of drug-likeness (QED) is 0.646. The number of fused-ring (bicyclic) bond motifs is 1. The van der Waals surface area contributed by atoms with Gasteiger partial charge in [-0.25, -0.2) is 9.78 Å². The van der Waals surface area contributed by atoms with Crippen LogP contribution in [0.2, 0.25) is 5.02 Å². The summed E-state index contributed by atoms with van der Waals surface area (Å²) in [7, 11) is 0. The van der Waals surface area contributed by atoms with Gasteiger partial charge >= 0.3 is 12.0 Å². The van der Waals surface area contributed by atoms with Crippen molar-refractivity contribution in [3.63, 3.8) is 0 Å². The van der Waals surface area contributed by atoms with E-state index in [0.717, 1.165) is 17.8 Å². The van der Waals surface area contributed by atoms with Gasteiger partial charge in [0.25, 0.3) is 0 Å². The Labute approximate surface area is 181 Å². The summed E-state index contributed by atoms with van der Waals surface area (Å²) in [5.41, 5.74) is 2.63. The molecule has 1 aromatic carbocycles. The Kier molecular flexibility index (Phi) is 5.81. The molecule has 0 radical (unpaired) electrons. The van der Waals surface area contributed by atoms with Crippen molar-refractivity contribution < 1.29 is 9.21 Å². The van der Waals surface area contributed by atoms with Crippen molar-refractivity contribution in [2.75, 3.05) is 29.9 Å². The van der Waals surface area contributed by atoms with E-state index < -0.39 is 0 Å². The Hall–Kier alpha value is -2.80. The number of aromatic nitrogens is 2. The Morgan fingerprint density at radius 1 is 1.33 bits per heavy atom. The second-order valence-electron chi connectivity index (χ2n) is 8.15. The van der Waals surface area contributed by atoms with E-state index in [9.17, 15) is 4.79 Å². The number of anilines is 2. The van der Waals surface area contributed by atoms with Crippen LogP contribution in [0.3, 0.4) is 0 Å². The molecule has 0 bridgehead atoms. The molecule has 1 aliphatic heterocycles. The molecule has 3 aromatic rings. The smallest absolute Gasteiger partial charge is 0.325 e. The molecule has 30 heavy (non-hydrogen) atoms. The summed E-state index contributed by atoms with van der Waals surface area (Å²) in [6.07, 6.45) is 2.71. The average molecular weight is 428 g/mol. The summed E-state index contributed by atoms with van der Waals surface area (Å²) in [5, 5.41) is 3.42. The van der Waals surface area contributed by atoms with Crippen molar-refractivity contribution in [3.8, 4) is 0 Å². The van der Waals surface area contributed by atoms with Crippen LogP contribution in [0, 0.1) is 5.92 Å². The Bertz CT molecular complexity index is 1050. The van der Waals surface area contributed by atoms with Gasteiger partial charge < -0.3 is 14.2 Å². The minimum absolute atomic E-state index is 0.0150. The predicted molar refractivity (Wildman–Crippen MR) is 119 cm³/mol. The number of hydrogen-bond acceptors (Lipinski definition) is 5. The van der Waals surface area contributed by atoms with Gasteiger partial charge in [-0.05, 0) is 49.1 Å². The molecule has 4 rings (SSSR count). The number of amides is 2. The van der Waals surface area contributed by atoms with Gasteiger partial charge in [0, 0.05) is 31.9 Å². The van der Waals surface area contributed by atoms with Gasteiger partial charge in [0.2, 0.25) is 0 Å². The highest BCUT2D eigenvalue weighted by Crippen LogP contribution is 2.26. The van der Waals surface area contributed by atoms with E-state index in [0.29, 0.717) is 36.2 Å². The highest BCUT2D eigenvalue weighted by atomic mass is 35.5. The van der Waals surface area contributed by atoms with E-state index in [-0.39, 0.29) is 18.1 Å². The number of hydrogen-bond donors (Lipinski definition) is 1. The van der Waals surface area contributed by atoms with E-state index in [1.54, 1.807) is 11.1 Å². The van der Waals surface area contributed by atoms with Gasteiger partial charge in [0.05, 0.1) is 5.02 Å². The van der Waals surface area contributed by atoms with Crippen molar-refractivity contribution in [2.45, 2.75) is 33.2 Å². The van der Waals surface area contributed by atoms with Crippen LogP contribution in [0.15, 0.2) is 40.9 Å². The fraction of sp³-hybridized carbons (Fsp3) is 0.409. The van der Waals surface area contributed by atoms with Crippen LogP contribution in [0.1, 0.15) is 26.3 Å². The molecule has 3 heterocycles. The summed E-state index contributed by atoms with van der Waals surface area (Å²) < 4.78 is 5.72. The largest absolute Gasteiger partial charge is 0.423 e. The average Bonchev–Trinajstić information content (AvgIpc) is 3.09. The first-order valence-electron chi connectivity index (χ1n) is 10.2. The molecule has 0 spiro atoms. The van der Waals surface area contributed by atoms with Crippen LogP contribution < -0.4 is 10.2 Å². The number of rotatable bonds is 4. The van der Waals surface area contributed by atoms with Crippen LogP contribution in [0.25, 0.3) is 11.1 Å². The molecule has 2 amide bonds. The number of pyridine rings is 1. The first-order chi connectivity index (χ1) is 14.4. The molecule has 1 atom stereocenters. The van der Waals surface area contributed by atoms with E-state index in [2.05, 4.69) is 34.0 Å². The lowest BCUT2D eigenvalue weighted by molar-refractivity contribution is 0.184. The van der Waals surface area contributed by atoms with Gasteiger partial charge in [-0.1, -0.05) is 31.5 Å². The van der Waals surface area contributed by atoms with Crippen LogP contribution in [0.5, 0.6) is 0 Å². The maximum absolute atomic E-state index is 12.8. The molecule has 8 heteroatoms. The van der Waals surface area contributed by atoms with E-state index in [1.165, 1.54) is 5.56 Å².